The first kappa shape index (κ1) is 19.4. The zero-order chi connectivity index (χ0) is 20.8. The zero-order valence-electron chi connectivity index (χ0n) is 14.6. The predicted molar refractivity (Wildman–Crippen MR) is 104 cm³/mol. The summed E-state index contributed by atoms with van der Waals surface area (Å²) in [6, 6.07) is 8.10. The number of benzene rings is 1. The van der Waals surface area contributed by atoms with Crippen molar-refractivity contribution in [3.63, 3.8) is 0 Å². The highest BCUT2D eigenvalue weighted by molar-refractivity contribution is 6.39. The van der Waals surface area contributed by atoms with Gasteiger partial charge in [-0.2, -0.15) is 13.2 Å². The van der Waals surface area contributed by atoms with Crippen LogP contribution >= 0.6 is 23.2 Å². The Morgan fingerprint density at radius 3 is 2.45 bits per heavy atom. The average molecular weight is 439 g/mol. The van der Waals surface area contributed by atoms with Crippen LogP contribution in [0.3, 0.4) is 0 Å². The molecule has 4 rings (SSSR count). The highest BCUT2D eigenvalue weighted by Gasteiger charge is 2.35. The molecular formula is C18H11Cl2F3N6. The summed E-state index contributed by atoms with van der Waals surface area (Å²) < 4.78 is 39.0. The smallest absolute Gasteiger partial charge is 0.335 e. The van der Waals surface area contributed by atoms with Crippen LogP contribution in [0.2, 0.25) is 10.0 Å². The molecule has 0 fully saturated rings. The molecule has 0 saturated heterocycles. The minimum Gasteiger partial charge on any atom is -0.335 e. The number of imidazole rings is 1. The molecule has 0 saturated carbocycles. The van der Waals surface area contributed by atoms with Crippen LogP contribution in [0.4, 0.5) is 24.8 Å². The minimum atomic E-state index is -4.66. The van der Waals surface area contributed by atoms with E-state index in [0.717, 1.165) is 0 Å². The van der Waals surface area contributed by atoms with Gasteiger partial charge in [-0.1, -0.05) is 29.3 Å². The van der Waals surface area contributed by atoms with Gasteiger partial charge in [-0.15, -0.1) is 0 Å². The number of nitrogens with zero attached hydrogens (tertiary/aromatic N) is 4. The van der Waals surface area contributed by atoms with Crippen molar-refractivity contribution in [2.45, 2.75) is 13.1 Å². The lowest BCUT2D eigenvalue weighted by atomic mass is 10.2. The van der Waals surface area contributed by atoms with Crippen LogP contribution in [0, 0.1) is 6.92 Å². The van der Waals surface area contributed by atoms with Gasteiger partial charge in [-0.3, -0.25) is 0 Å². The van der Waals surface area contributed by atoms with Crippen molar-refractivity contribution in [3.05, 3.63) is 58.1 Å². The second-order valence-corrected chi connectivity index (χ2v) is 6.89. The molecule has 0 aliphatic carbocycles. The van der Waals surface area contributed by atoms with Crippen molar-refractivity contribution >= 4 is 45.9 Å². The first-order valence-corrected chi connectivity index (χ1v) is 8.97. The molecule has 4 aromatic rings. The number of H-pyrrole nitrogens is 1. The number of aromatic amines is 1. The van der Waals surface area contributed by atoms with Gasteiger partial charge in [0.25, 0.3) is 0 Å². The van der Waals surface area contributed by atoms with Gasteiger partial charge in [-0.25, -0.2) is 19.9 Å². The average Bonchev–Trinajstić information content (AvgIpc) is 3.05. The molecule has 1 aromatic carbocycles. The fourth-order valence-electron chi connectivity index (χ4n) is 2.75. The van der Waals surface area contributed by atoms with E-state index in [1.807, 2.05) is 0 Å². The lowest BCUT2D eigenvalue weighted by Gasteiger charge is -2.10. The number of halogens is 5. The van der Waals surface area contributed by atoms with Gasteiger partial charge in [-0.05, 0) is 25.1 Å². The molecule has 0 unspecified atom stereocenters. The Balaban J connectivity index is 1.79. The molecule has 3 aromatic heterocycles. The number of rotatable bonds is 3. The summed E-state index contributed by atoms with van der Waals surface area (Å²) >= 11 is 12.5. The monoisotopic (exact) mass is 438 g/mol. The molecule has 0 radical (unpaired) electrons. The third kappa shape index (κ3) is 3.83. The van der Waals surface area contributed by atoms with Gasteiger partial charge >= 0.3 is 6.18 Å². The van der Waals surface area contributed by atoms with E-state index in [4.69, 9.17) is 23.2 Å². The topological polar surface area (TPSA) is 79.4 Å². The predicted octanol–water partition coefficient (Wildman–Crippen LogP) is 5.79. The Bertz CT molecular complexity index is 1200. The quantitative estimate of drug-likeness (QED) is 0.422. The standard InChI is InChI=1S/C18H11Cl2F3N6/c1-8-7-12(28-17(25-8)18(21,22)23)27-16-14-11(5-6-24-16)26-15(29-14)13-9(19)3-2-4-10(13)20/h2-7H,1H3,(H,26,29)(H,24,25,27,28). The molecule has 0 atom stereocenters. The molecule has 29 heavy (non-hydrogen) atoms. The molecule has 11 heteroatoms. The van der Waals surface area contributed by atoms with Crippen molar-refractivity contribution in [2.75, 3.05) is 5.32 Å². The van der Waals surface area contributed by atoms with Crippen LogP contribution in [0.25, 0.3) is 22.4 Å². The largest absolute Gasteiger partial charge is 0.451 e. The first-order valence-electron chi connectivity index (χ1n) is 8.21. The summed E-state index contributed by atoms with van der Waals surface area (Å²) in [6.07, 6.45) is -3.19. The number of anilines is 2. The van der Waals surface area contributed by atoms with Crippen LogP contribution in [0.15, 0.2) is 36.5 Å². The number of hydrogen-bond donors (Lipinski definition) is 2. The number of pyridine rings is 1. The maximum Gasteiger partial charge on any atom is 0.451 e. The maximum absolute atomic E-state index is 13.0. The van der Waals surface area contributed by atoms with E-state index >= 15 is 0 Å². The second-order valence-electron chi connectivity index (χ2n) is 6.08. The van der Waals surface area contributed by atoms with Gasteiger partial charge in [0.2, 0.25) is 5.82 Å². The van der Waals surface area contributed by atoms with Crippen molar-refractivity contribution in [2.24, 2.45) is 0 Å². The molecule has 148 valence electrons. The van der Waals surface area contributed by atoms with E-state index < -0.39 is 12.0 Å². The summed E-state index contributed by atoms with van der Waals surface area (Å²) in [7, 11) is 0. The fourth-order valence-corrected chi connectivity index (χ4v) is 3.33. The lowest BCUT2D eigenvalue weighted by Crippen LogP contribution is -2.13. The zero-order valence-corrected chi connectivity index (χ0v) is 16.2. The Morgan fingerprint density at radius 1 is 1.03 bits per heavy atom. The number of nitrogens with one attached hydrogen (secondary N) is 2. The van der Waals surface area contributed by atoms with E-state index in [1.165, 1.54) is 19.2 Å². The fraction of sp³-hybridized carbons (Fsp3) is 0.111. The molecule has 2 N–H and O–H groups in total. The number of fused-ring (bicyclic) bond motifs is 1. The van der Waals surface area contributed by atoms with E-state index in [1.54, 1.807) is 24.3 Å². The molecule has 0 amide bonds. The molecule has 3 heterocycles. The van der Waals surface area contributed by atoms with Gasteiger partial charge in [0.15, 0.2) is 5.82 Å². The highest BCUT2D eigenvalue weighted by Crippen LogP contribution is 2.35. The van der Waals surface area contributed by atoms with Crippen LogP contribution in [-0.4, -0.2) is 24.9 Å². The van der Waals surface area contributed by atoms with E-state index in [0.29, 0.717) is 32.5 Å². The Labute approximate surface area is 172 Å². The third-order valence-electron chi connectivity index (χ3n) is 3.96. The normalized spacial score (nSPS) is 11.8. The molecule has 0 spiro atoms. The van der Waals surface area contributed by atoms with E-state index in [9.17, 15) is 13.2 Å². The summed E-state index contributed by atoms with van der Waals surface area (Å²) in [5.74, 6) is -0.630. The minimum absolute atomic E-state index is 0.0447. The van der Waals surface area contributed by atoms with Gasteiger partial charge in [0, 0.05) is 18.0 Å². The molecular weight excluding hydrogens is 428 g/mol. The van der Waals surface area contributed by atoms with Crippen molar-refractivity contribution in [1.82, 2.24) is 24.9 Å². The summed E-state index contributed by atoms with van der Waals surface area (Å²) in [5.41, 5.74) is 1.66. The highest BCUT2D eigenvalue weighted by atomic mass is 35.5. The summed E-state index contributed by atoms with van der Waals surface area (Å²) in [5, 5.41) is 3.60. The summed E-state index contributed by atoms with van der Waals surface area (Å²) in [4.78, 5) is 18.7. The van der Waals surface area contributed by atoms with E-state index in [-0.39, 0.29) is 17.3 Å². The molecule has 0 aliphatic heterocycles. The SMILES string of the molecule is Cc1cc(Nc2nccc3nc(-c4c(Cl)cccc4Cl)[nH]c23)nc(C(F)(F)F)n1. The lowest BCUT2D eigenvalue weighted by molar-refractivity contribution is -0.145. The van der Waals surface area contributed by atoms with Gasteiger partial charge in [0.1, 0.15) is 17.2 Å². The second kappa shape index (κ2) is 7.16. The van der Waals surface area contributed by atoms with Gasteiger partial charge in [0.05, 0.1) is 21.1 Å². The first-order chi connectivity index (χ1) is 13.7. The van der Waals surface area contributed by atoms with Crippen molar-refractivity contribution < 1.29 is 13.2 Å². The number of hydrogen-bond acceptors (Lipinski definition) is 5. The summed E-state index contributed by atoms with van der Waals surface area (Å²) in [6.45, 7) is 1.45. The van der Waals surface area contributed by atoms with Crippen LogP contribution < -0.4 is 5.32 Å². The van der Waals surface area contributed by atoms with Crippen LogP contribution in [0.1, 0.15) is 11.5 Å². The van der Waals surface area contributed by atoms with Crippen LogP contribution in [-0.2, 0) is 6.18 Å². The van der Waals surface area contributed by atoms with E-state index in [2.05, 4.69) is 30.2 Å². The number of aryl methyl sites for hydroxylation is 1. The number of alkyl halides is 3. The Kier molecular flexibility index (Phi) is 4.79. The molecule has 0 bridgehead atoms. The molecule has 6 nitrogen and oxygen atoms in total. The van der Waals surface area contributed by atoms with Crippen LogP contribution in [0.5, 0.6) is 0 Å². The van der Waals surface area contributed by atoms with Crippen molar-refractivity contribution in [3.8, 4) is 11.4 Å². The third-order valence-corrected chi connectivity index (χ3v) is 4.59. The maximum atomic E-state index is 13.0. The number of aromatic nitrogens is 5. The Morgan fingerprint density at radius 2 is 1.76 bits per heavy atom. The van der Waals surface area contributed by atoms with Crippen molar-refractivity contribution in [1.29, 1.82) is 0 Å². The van der Waals surface area contributed by atoms with Gasteiger partial charge < -0.3 is 10.3 Å². The Hall–Kier alpha value is -2.91. The molecule has 0 aliphatic rings.